The van der Waals surface area contributed by atoms with Crippen molar-refractivity contribution < 1.29 is 9.84 Å². The zero-order chi connectivity index (χ0) is 16.8. The Kier molecular flexibility index (Phi) is 6.17. The van der Waals surface area contributed by atoms with Crippen LogP contribution in [-0.2, 0) is 6.61 Å². The number of hydrogen-bond acceptors (Lipinski definition) is 3. The van der Waals surface area contributed by atoms with Crippen molar-refractivity contribution >= 4 is 0 Å². The summed E-state index contributed by atoms with van der Waals surface area (Å²) in [6.45, 7) is 6.25. The van der Waals surface area contributed by atoms with Crippen molar-refractivity contribution in [2.24, 2.45) is 0 Å². The highest BCUT2D eigenvalue weighted by Gasteiger charge is 2.19. The fourth-order valence-corrected chi connectivity index (χ4v) is 3.07. The molecule has 1 heterocycles. The summed E-state index contributed by atoms with van der Waals surface area (Å²) in [4.78, 5) is 4.76. The standard InChI is InChI=1S/C20H27NO2/c1-5-8-15-9-7-10-16(6-2)17(11-15)19-12-20(23-4)18(13-22)14(3)21-19/h7,9-12,17,22H,5-6,8,13H2,1-4H3. The number of pyridine rings is 1. The van der Waals surface area contributed by atoms with Gasteiger partial charge in [0.05, 0.1) is 19.4 Å². The maximum Gasteiger partial charge on any atom is 0.128 e. The van der Waals surface area contributed by atoms with Crippen LogP contribution >= 0.6 is 0 Å². The summed E-state index contributed by atoms with van der Waals surface area (Å²) in [5, 5.41) is 9.53. The minimum absolute atomic E-state index is 0.0537. The molecular formula is C20H27NO2. The Morgan fingerprint density at radius 3 is 2.70 bits per heavy atom. The van der Waals surface area contributed by atoms with E-state index >= 15 is 0 Å². The molecule has 1 N–H and O–H groups in total. The highest BCUT2D eigenvalue weighted by molar-refractivity contribution is 5.45. The van der Waals surface area contributed by atoms with E-state index in [1.54, 1.807) is 7.11 Å². The zero-order valence-electron chi connectivity index (χ0n) is 14.6. The van der Waals surface area contributed by atoms with Crippen LogP contribution in [-0.4, -0.2) is 17.2 Å². The van der Waals surface area contributed by atoms with Crippen molar-refractivity contribution in [1.82, 2.24) is 4.98 Å². The van der Waals surface area contributed by atoms with E-state index < -0.39 is 0 Å². The highest BCUT2D eigenvalue weighted by Crippen LogP contribution is 2.34. The third-order valence-electron chi connectivity index (χ3n) is 4.35. The highest BCUT2D eigenvalue weighted by atomic mass is 16.5. The molecule has 0 aromatic carbocycles. The number of aryl methyl sites for hydroxylation is 1. The normalized spacial score (nSPS) is 17.5. The predicted octanol–water partition coefficient (Wildman–Crippen LogP) is 4.61. The van der Waals surface area contributed by atoms with E-state index in [9.17, 15) is 5.11 Å². The van der Waals surface area contributed by atoms with Crippen molar-refractivity contribution in [3.63, 3.8) is 0 Å². The first-order valence-electron chi connectivity index (χ1n) is 8.37. The van der Waals surface area contributed by atoms with E-state index in [1.807, 2.05) is 13.0 Å². The van der Waals surface area contributed by atoms with Crippen LogP contribution in [0.4, 0.5) is 0 Å². The minimum Gasteiger partial charge on any atom is -0.496 e. The maximum absolute atomic E-state index is 9.53. The second-order valence-electron chi connectivity index (χ2n) is 5.89. The molecule has 0 aliphatic heterocycles. The number of nitrogens with zero attached hydrogens (tertiary/aromatic N) is 1. The average molecular weight is 313 g/mol. The second kappa shape index (κ2) is 8.11. The number of allylic oxidation sites excluding steroid dienone is 6. The van der Waals surface area contributed by atoms with E-state index in [0.29, 0.717) is 5.75 Å². The van der Waals surface area contributed by atoms with Crippen LogP contribution in [0.2, 0.25) is 0 Å². The molecule has 0 fully saturated rings. The first kappa shape index (κ1) is 17.5. The van der Waals surface area contributed by atoms with Gasteiger partial charge in [0.25, 0.3) is 0 Å². The molecule has 0 bridgehead atoms. The summed E-state index contributed by atoms with van der Waals surface area (Å²) in [5.41, 5.74) is 5.28. The van der Waals surface area contributed by atoms with Gasteiger partial charge in [0, 0.05) is 23.2 Å². The lowest BCUT2D eigenvalue weighted by Crippen LogP contribution is -2.07. The number of methoxy groups -OCH3 is 1. The van der Waals surface area contributed by atoms with Gasteiger partial charge in [-0.1, -0.05) is 55.7 Å². The average Bonchev–Trinajstić information content (AvgIpc) is 2.76. The van der Waals surface area contributed by atoms with Crippen LogP contribution in [0, 0.1) is 6.92 Å². The number of rotatable bonds is 6. The maximum atomic E-state index is 9.53. The Morgan fingerprint density at radius 1 is 1.30 bits per heavy atom. The number of aliphatic hydroxyl groups is 1. The fourth-order valence-electron chi connectivity index (χ4n) is 3.07. The molecule has 1 unspecified atom stereocenters. The quantitative estimate of drug-likeness (QED) is 0.834. The topological polar surface area (TPSA) is 42.4 Å². The van der Waals surface area contributed by atoms with E-state index in [1.165, 1.54) is 11.1 Å². The van der Waals surface area contributed by atoms with Gasteiger partial charge in [0.15, 0.2) is 0 Å². The summed E-state index contributed by atoms with van der Waals surface area (Å²) in [5.74, 6) is 0.880. The molecule has 0 saturated heterocycles. The summed E-state index contributed by atoms with van der Waals surface area (Å²) < 4.78 is 5.47. The molecule has 0 amide bonds. The molecule has 1 aromatic heterocycles. The Hall–Kier alpha value is -1.87. The molecule has 1 aromatic rings. The largest absolute Gasteiger partial charge is 0.496 e. The number of aliphatic hydroxyl groups excluding tert-OH is 1. The van der Waals surface area contributed by atoms with Crippen LogP contribution in [0.1, 0.15) is 56.0 Å². The number of ether oxygens (including phenoxy) is 1. The fraction of sp³-hybridized carbons (Fsp3) is 0.450. The predicted molar refractivity (Wildman–Crippen MR) is 94.7 cm³/mol. The van der Waals surface area contributed by atoms with Crippen LogP contribution in [0.15, 0.2) is 41.5 Å². The molecule has 0 radical (unpaired) electrons. The lowest BCUT2D eigenvalue weighted by atomic mass is 9.90. The van der Waals surface area contributed by atoms with Crippen molar-refractivity contribution in [3.8, 4) is 5.75 Å². The second-order valence-corrected chi connectivity index (χ2v) is 5.89. The van der Waals surface area contributed by atoms with Crippen molar-refractivity contribution in [1.29, 1.82) is 0 Å². The third-order valence-corrected chi connectivity index (χ3v) is 4.35. The SMILES string of the molecule is CCCC1=CC(c2cc(OC)c(CO)c(C)n2)C(CC)=CC=C1. The molecular weight excluding hydrogens is 286 g/mol. The summed E-state index contributed by atoms with van der Waals surface area (Å²) in [7, 11) is 1.64. The van der Waals surface area contributed by atoms with Gasteiger partial charge >= 0.3 is 0 Å². The van der Waals surface area contributed by atoms with Gasteiger partial charge < -0.3 is 9.84 Å². The summed E-state index contributed by atoms with van der Waals surface area (Å²) >= 11 is 0. The Bertz CT molecular complexity index is 641. The van der Waals surface area contributed by atoms with E-state index in [4.69, 9.17) is 9.72 Å². The molecule has 1 aliphatic rings. The van der Waals surface area contributed by atoms with Gasteiger partial charge in [0.2, 0.25) is 0 Å². The third kappa shape index (κ3) is 3.91. The Labute approximate surface area is 139 Å². The minimum atomic E-state index is -0.0537. The molecule has 124 valence electrons. The molecule has 0 saturated carbocycles. The zero-order valence-corrected chi connectivity index (χ0v) is 14.6. The van der Waals surface area contributed by atoms with Gasteiger partial charge in [-0.2, -0.15) is 0 Å². The van der Waals surface area contributed by atoms with Crippen molar-refractivity contribution in [3.05, 3.63) is 58.5 Å². The molecule has 2 rings (SSSR count). The van der Waals surface area contributed by atoms with Gasteiger partial charge in [-0.05, 0) is 19.8 Å². The van der Waals surface area contributed by atoms with Gasteiger partial charge in [0.1, 0.15) is 5.75 Å². The van der Waals surface area contributed by atoms with Crippen LogP contribution in [0.5, 0.6) is 5.75 Å². The van der Waals surface area contributed by atoms with Crippen LogP contribution in [0.3, 0.4) is 0 Å². The smallest absolute Gasteiger partial charge is 0.128 e. The molecule has 0 spiro atoms. The van der Waals surface area contributed by atoms with Gasteiger partial charge in [-0.3, -0.25) is 4.98 Å². The molecule has 3 heteroatoms. The molecule has 23 heavy (non-hydrogen) atoms. The van der Waals surface area contributed by atoms with Gasteiger partial charge in [-0.15, -0.1) is 0 Å². The van der Waals surface area contributed by atoms with Gasteiger partial charge in [-0.25, -0.2) is 0 Å². The molecule has 3 nitrogen and oxygen atoms in total. The first-order chi connectivity index (χ1) is 11.1. The van der Waals surface area contributed by atoms with Crippen LogP contribution in [0.25, 0.3) is 0 Å². The van der Waals surface area contributed by atoms with E-state index in [-0.39, 0.29) is 12.5 Å². The summed E-state index contributed by atoms with van der Waals surface area (Å²) in [6, 6.07) is 1.97. The van der Waals surface area contributed by atoms with Crippen molar-refractivity contribution in [2.75, 3.05) is 7.11 Å². The summed E-state index contributed by atoms with van der Waals surface area (Å²) in [6.07, 6.45) is 12.1. The van der Waals surface area contributed by atoms with E-state index in [0.717, 1.165) is 36.2 Å². The number of aromatic nitrogens is 1. The monoisotopic (exact) mass is 313 g/mol. The first-order valence-corrected chi connectivity index (χ1v) is 8.37. The number of hydrogen-bond donors (Lipinski definition) is 1. The Balaban J connectivity index is 2.52. The lowest BCUT2D eigenvalue weighted by Gasteiger charge is -2.19. The van der Waals surface area contributed by atoms with Crippen molar-refractivity contribution in [2.45, 2.75) is 52.6 Å². The molecule has 1 aliphatic carbocycles. The van der Waals surface area contributed by atoms with Crippen LogP contribution < -0.4 is 4.74 Å². The lowest BCUT2D eigenvalue weighted by molar-refractivity contribution is 0.272. The molecule has 1 atom stereocenters. The Morgan fingerprint density at radius 2 is 2.09 bits per heavy atom. The van der Waals surface area contributed by atoms with E-state index in [2.05, 4.69) is 38.2 Å².